The Morgan fingerprint density at radius 1 is 0.524 bits per heavy atom. The van der Waals surface area contributed by atoms with Gasteiger partial charge in [0.2, 0.25) is 0 Å². The fraction of sp³-hybridized carbons (Fsp3) is 0. The molecule has 0 amide bonds. The molecule has 1 aliphatic rings. The topological polar surface area (TPSA) is 9.23 Å². The zero-order valence-electron chi connectivity index (χ0n) is 11.2. The third-order valence-corrected chi connectivity index (χ3v) is 5.73. The molecule has 0 fully saturated rings. The maximum absolute atomic E-state index is 5.91. The summed E-state index contributed by atoms with van der Waals surface area (Å²) in [5.41, 5.74) is 0. The summed E-state index contributed by atoms with van der Waals surface area (Å²) in [6.45, 7) is 0. The molecule has 0 bridgehead atoms. The first-order valence-corrected chi connectivity index (χ1v) is 8.33. The molecule has 3 aromatic carbocycles. The lowest BCUT2D eigenvalue weighted by Crippen LogP contribution is -1.90. The van der Waals surface area contributed by atoms with Gasteiger partial charge in [0.1, 0.15) is 11.5 Å². The predicted octanol–water partition coefficient (Wildman–Crippen LogP) is 6.09. The highest BCUT2D eigenvalue weighted by Gasteiger charge is 2.17. The second kappa shape index (κ2) is 5.51. The molecule has 0 saturated carbocycles. The van der Waals surface area contributed by atoms with Gasteiger partial charge in [0.15, 0.2) is 0 Å². The van der Waals surface area contributed by atoms with Crippen LogP contribution in [0.4, 0.5) is 0 Å². The highest BCUT2D eigenvalue weighted by Crippen LogP contribution is 2.49. The lowest BCUT2D eigenvalue weighted by molar-refractivity contribution is 0.480. The van der Waals surface area contributed by atoms with Gasteiger partial charge in [0, 0.05) is 19.6 Å². The average Bonchev–Trinajstić information content (AvgIpc) is 2.54. The molecule has 0 aliphatic carbocycles. The van der Waals surface area contributed by atoms with E-state index in [1.165, 1.54) is 19.6 Å². The van der Waals surface area contributed by atoms with Crippen LogP contribution in [0.2, 0.25) is 0 Å². The molecule has 4 rings (SSSR count). The van der Waals surface area contributed by atoms with Gasteiger partial charge >= 0.3 is 0 Å². The molecule has 3 heteroatoms. The number of hydrogen-bond donors (Lipinski definition) is 0. The fourth-order valence-corrected chi connectivity index (χ4v) is 4.44. The minimum Gasteiger partial charge on any atom is -0.457 e. The van der Waals surface area contributed by atoms with Crippen LogP contribution < -0.4 is 4.74 Å². The van der Waals surface area contributed by atoms with Crippen molar-refractivity contribution in [2.24, 2.45) is 0 Å². The number of ether oxygens (including phenoxy) is 1. The van der Waals surface area contributed by atoms with E-state index in [-0.39, 0.29) is 0 Å². The lowest BCUT2D eigenvalue weighted by atomic mass is 10.3. The predicted molar refractivity (Wildman–Crippen MR) is 87.6 cm³/mol. The first-order chi connectivity index (χ1) is 10.4. The first kappa shape index (κ1) is 12.9. The Labute approximate surface area is 132 Å². The Bertz CT molecular complexity index is 784. The van der Waals surface area contributed by atoms with Gasteiger partial charge in [-0.05, 0) is 42.5 Å². The van der Waals surface area contributed by atoms with Crippen molar-refractivity contribution in [3.05, 3.63) is 72.8 Å². The van der Waals surface area contributed by atoms with E-state index in [0.717, 1.165) is 11.5 Å². The zero-order valence-corrected chi connectivity index (χ0v) is 12.8. The summed E-state index contributed by atoms with van der Waals surface area (Å²) in [5, 5.41) is 0. The number of rotatable bonds is 2. The molecule has 21 heavy (non-hydrogen) atoms. The molecule has 1 heterocycles. The molecule has 0 radical (unpaired) electrons. The highest BCUT2D eigenvalue weighted by molar-refractivity contribution is 8.05. The summed E-state index contributed by atoms with van der Waals surface area (Å²) >= 11 is 3.63. The van der Waals surface area contributed by atoms with E-state index in [2.05, 4.69) is 36.4 Å². The van der Waals surface area contributed by atoms with Crippen LogP contribution in [0.1, 0.15) is 0 Å². The summed E-state index contributed by atoms with van der Waals surface area (Å²) in [6, 6.07) is 24.7. The zero-order chi connectivity index (χ0) is 14.1. The molecule has 0 saturated heterocycles. The Hall–Kier alpha value is -1.84. The minimum atomic E-state index is 0.867. The SMILES string of the molecule is c1ccc(Oc2ccc3c(c2)Sc2ccccc2S3)cc1. The molecule has 0 aromatic heterocycles. The van der Waals surface area contributed by atoms with E-state index in [0.29, 0.717) is 0 Å². The molecule has 1 nitrogen and oxygen atoms in total. The molecule has 1 aliphatic heterocycles. The smallest absolute Gasteiger partial charge is 0.128 e. The van der Waals surface area contributed by atoms with Crippen LogP contribution in [0, 0.1) is 0 Å². The van der Waals surface area contributed by atoms with Gasteiger partial charge in [-0.25, -0.2) is 0 Å². The second-order valence-electron chi connectivity index (χ2n) is 4.67. The molecule has 3 aromatic rings. The fourth-order valence-electron chi connectivity index (χ4n) is 2.20. The van der Waals surface area contributed by atoms with Crippen LogP contribution in [0.5, 0.6) is 11.5 Å². The molecule has 0 spiro atoms. The number of hydrogen-bond acceptors (Lipinski definition) is 3. The Kier molecular flexibility index (Phi) is 3.37. The van der Waals surface area contributed by atoms with Crippen molar-refractivity contribution in [1.82, 2.24) is 0 Å². The van der Waals surface area contributed by atoms with Crippen molar-refractivity contribution in [2.45, 2.75) is 19.6 Å². The molecule has 0 N–H and O–H groups in total. The first-order valence-electron chi connectivity index (χ1n) is 6.70. The van der Waals surface area contributed by atoms with Crippen LogP contribution in [-0.4, -0.2) is 0 Å². The molecule has 102 valence electrons. The number of benzene rings is 3. The van der Waals surface area contributed by atoms with Crippen molar-refractivity contribution in [1.29, 1.82) is 0 Å². The van der Waals surface area contributed by atoms with Gasteiger partial charge in [-0.3, -0.25) is 0 Å². The van der Waals surface area contributed by atoms with E-state index in [4.69, 9.17) is 4.74 Å². The summed E-state index contributed by atoms with van der Waals surface area (Å²) in [4.78, 5) is 5.19. The Morgan fingerprint density at radius 2 is 1.14 bits per heavy atom. The van der Waals surface area contributed by atoms with Crippen LogP contribution >= 0.6 is 23.5 Å². The van der Waals surface area contributed by atoms with Crippen LogP contribution in [-0.2, 0) is 0 Å². The van der Waals surface area contributed by atoms with Crippen molar-refractivity contribution in [3.63, 3.8) is 0 Å². The number of para-hydroxylation sites is 1. The van der Waals surface area contributed by atoms with Crippen molar-refractivity contribution in [2.75, 3.05) is 0 Å². The molecule has 0 unspecified atom stereocenters. The van der Waals surface area contributed by atoms with Crippen molar-refractivity contribution in [3.8, 4) is 11.5 Å². The monoisotopic (exact) mass is 308 g/mol. The summed E-state index contributed by atoms with van der Waals surface area (Å²) < 4.78 is 5.91. The van der Waals surface area contributed by atoms with E-state index < -0.39 is 0 Å². The van der Waals surface area contributed by atoms with Gasteiger partial charge in [-0.2, -0.15) is 0 Å². The van der Waals surface area contributed by atoms with Crippen LogP contribution in [0.3, 0.4) is 0 Å². The van der Waals surface area contributed by atoms with Crippen molar-refractivity contribution >= 4 is 23.5 Å². The van der Waals surface area contributed by atoms with Crippen LogP contribution in [0.15, 0.2) is 92.4 Å². The van der Waals surface area contributed by atoms with Crippen LogP contribution in [0.25, 0.3) is 0 Å². The lowest BCUT2D eigenvalue weighted by Gasteiger charge is -2.18. The molecular weight excluding hydrogens is 296 g/mol. The van der Waals surface area contributed by atoms with E-state index in [1.807, 2.05) is 48.2 Å². The second-order valence-corrected chi connectivity index (χ2v) is 6.84. The van der Waals surface area contributed by atoms with Crippen molar-refractivity contribution < 1.29 is 4.74 Å². The summed E-state index contributed by atoms with van der Waals surface area (Å²) in [5.74, 6) is 1.75. The van der Waals surface area contributed by atoms with Gasteiger partial charge < -0.3 is 4.74 Å². The van der Waals surface area contributed by atoms with E-state index in [9.17, 15) is 0 Å². The number of fused-ring (bicyclic) bond motifs is 2. The quantitative estimate of drug-likeness (QED) is 0.443. The largest absolute Gasteiger partial charge is 0.457 e. The van der Waals surface area contributed by atoms with Gasteiger partial charge in [0.25, 0.3) is 0 Å². The normalized spacial score (nSPS) is 12.4. The molecule has 0 atom stereocenters. The summed E-state index contributed by atoms with van der Waals surface area (Å²) in [7, 11) is 0. The van der Waals surface area contributed by atoms with Gasteiger partial charge in [-0.1, -0.05) is 53.9 Å². The maximum Gasteiger partial charge on any atom is 0.128 e. The standard InChI is InChI=1S/C18H12OS2/c1-2-6-13(7-3-1)19-14-10-11-17-18(12-14)21-16-9-5-4-8-15(16)20-17/h1-12H. The van der Waals surface area contributed by atoms with Gasteiger partial charge in [0.05, 0.1) is 0 Å². The van der Waals surface area contributed by atoms with E-state index in [1.54, 1.807) is 11.8 Å². The summed E-state index contributed by atoms with van der Waals surface area (Å²) in [6.07, 6.45) is 0. The maximum atomic E-state index is 5.91. The molecular formula is C18H12OS2. The third kappa shape index (κ3) is 2.67. The Balaban J connectivity index is 1.64. The highest BCUT2D eigenvalue weighted by atomic mass is 32.2. The van der Waals surface area contributed by atoms with E-state index >= 15 is 0 Å². The third-order valence-electron chi connectivity index (χ3n) is 3.18. The minimum absolute atomic E-state index is 0.867. The van der Waals surface area contributed by atoms with Gasteiger partial charge in [-0.15, -0.1) is 0 Å². The Morgan fingerprint density at radius 3 is 1.90 bits per heavy atom. The average molecular weight is 308 g/mol.